The highest BCUT2D eigenvalue weighted by Gasteiger charge is 2.21. The van der Waals surface area contributed by atoms with Crippen molar-refractivity contribution in [2.75, 3.05) is 47.5 Å². The molecule has 2 atom stereocenters. The lowest BCUT2D eigenvalue weighted by molar-refractivity contribution is -0.870. The molecule has 0 spiro atoms. The smallest absolute Gasteiger partial charge is 0.306 e. The van der Waals surface area contributed by atoms with Gasteiger partial charge in [0.15, 0.2) is 6.10 Å². The van der Waals surface area contributed by atoms with Crippen LogP contribution in [0.5, 0.6) is 0 Å². The second-order valence-corrected chi connectivity index (χ2v) is 16.4. The van der Waals surface area contributed by atoms with Crippen LogP contribution in [0.4, 0.5) is 0 Å². The van der Waals surface area contributed by atoms with Gasteiger partial charge in [0.25, 0.3) is 7.82 Å². The average molecular weight is 780 g/mol. The summed E-state index contributed by atoms with van der Waals surface area (Å²) in [6.45, 7) is 4.09. The maximum absolute atomic E-state index is 12.6. The molecule has 0 aromatic carbocycles. The van der Waals surface area contributed by atoms with Gasteiger partial charge in [-0.15, -0.1) is 0 Å². The Balaban J connectivity index is 4.53. The Kier molecular flexibility index (Phi) is 34.8. The average Bonchev–Trinajstić information content (AvgIpc) is 3.12. The highest BCUT2D eigenvalue weighted by Crippen LogP contribution is 2.38. The fraction of sp³-hybridized carbons (Fsp3) is 0.727. The third-order valence-corrected chi connectivity index (χ3v) is 9.47. The van der Waals surface area contributed by atoms with E-state index in [2.05, 4.69) is 68.5 Å². The lowest BCUT2D eigenvalue weighted by Gasteiger charge is -2.28. The lowest BCUT2D eigenvalue weighted by atomic mass is 10.1. The van der Waals surface area contributed by atoms with Gasteiger partial charge in [0, 0.05) is 12.8 Å². The van der Waals surface area contributed by atoms with Crippen molar-refractivity contribution in [1.82, 2.24) is 0 Å². The molecule has 0 bridgehead atoms. The first-order valence-electron chi connectivity index (χ1n) is 21.0. The Labute approximate surface area is 330 Å². The first-order valence-corrected chi connectivity index (χ1v) is 22.5. The molecular weight excluding hydrogens is 701 g/mol. The number of carbonyl (C=O) groups is 2. The molecule has 0 aliphatic rings. The first-order chi connectivity index (χ1) is 26.0. The number of likely N-dealkylation sites (N-methyl/N-ethyl adjacent to an activating group) is 1. The predicted molar refractivity (Wildman–Crippen MR) is 222 cm³/mol. The maximum Gasteiger partial charge on any atom is 0.306 e. The molecule has 1 unspecified atom stereocenters. The molecule has 54 heavy (non-hydrogen) atoms. The van der Waals surface area contributed by atoms with Crippen molar-refractivity contribution in [2.45, 2.75) is 161 Å². The van der Waals surface area contributed by atoms with Crippen LogP contribution >= 0.6 is 7.82 Å². The van der Waals surface area contributed by atoms with Crippen LogP contribution in [0.2, 0.25) is 0 Å². The molecule has 10 heteroatoms. The van der Waals surface area contributed by atoms with Crippen LogP contribution in [0.15, 0.2) is 60.8 Å². The van der Waals surface area contributed by atoms with Crippen molar-refractivity contribution in [2.24, 2.45) is 0 Å². The van der Waals surface area contributed by atoms with E-state index in [1.807, 2.05) is 27.2 Å². The number of carbonyl (C=O) groups excluding carboxylic acids is 2. The summed E-state index contributed by atoms with van der Waals surface area (Å²) in [5, 5.41) is 0. The monoisotopic (exact) mass is 780 g/mol. The van der Waals surface area contributed by atoms with Crippen LogP contribution < -0.4 is 4.89 Å². The number of allylic oxidation sites excluding steroid dienone is 10. The van der Waals surface area contributed by atoms with E-state index in [1.54, 1.807) is 0 Å². The number of phosphoric acid groups is 1. The number of phosphoric ester groups is 1. The van der Waals surface area contributed by atoms with Gasteiger partial charge in [-0.1, -0.05) is 126 Å². The minimum atomic E-state index is -4.64. The maximum atomic E-state index is 12.6. The molecule has 9 nitrogen and oxygen atoms in total. The molecule has 0 saturated heterocycles. The SMILES string of the molecule is CCCCC/C=C/C/C=C/C/C=C/C/C=C/CCCC(=O)O[C@H](COC(=O)CCCCC/C=C/CCCCCCCC)COP(=O)([O-])OCC[N+](C)(C)C. The number of unbranched alkanes of at least 4 members (excludes halogenated alkanes) is 13. The Morgan fingerprint density at radius 2 is 1.02 bits per heavy atom. The zero-order valence-corrected chi connectivity index (χ0v) is 35.8. The molecule has 0 aliphatic carbocycles. The first kappa shape index (κ1) is 51.7. The van der Waals surface area contributed by atoms with Crippen LogP contribution in [-0.4, -0.2) is 70.0 Å². The van der Waals surface area contributed by atoms with Gasteiger partial charge in [-0.3, -0.25) is 14.2 Å². The van der Waals surface area contributed by atoms with Gasteiger partial charge in [0.2, 0.25) is 0 Å². The third-order valence-electron chi connectivity index (χ3n) is 8.51. The molecule has 0 amide bonds. The molecule has 0 aliphatic heterocycles. The van der Waals surface area contributed by atoms with Gasteiger partial charge in [-0.05, 0) is 77.0 Å². The van der Waals surface area contributed by atoms with E-state index in [0.717, 1.165) is 44.9 Å². The molecule has 0 radical (unpaired) electrons. The molecular formula is C44H78NO8P. The van der Waals surface area contributed by atoms with Gasteiger partial charge in [-0.2, -0.15) is 0 Å². The topological polar surface area (TPSA) is 111 Å². The van der Waals surface area contributed by atoms with E-state index in [9.17, 15) is 19.0 Å². The quantitative estimate of drug-likeness (QED) is 0.0201. The highest BCUT2D eigenvalue weighted by atomic mass is 31.2. The van der Waals surface area contributed by atoms with Crippen LogP contribution in [0.3, 0.4) is 0 Å². The molecule has 0 aromatic rings. The van der Waals surface area contributed by atoms with Crippen LogP contribution in [-0.2, 0) is 32.7 Å². The van der Waals surface area contributed by atoms with Crippen molar-refractivity contribution in [3.8, 4) is 0 Å². The summed E-state index contributed by atoms with van der Waals surface area (Å²) in [6.07, 6.45) is 42.6. The minimum Gasteiger partial charge on any atom is -0.756 e. The summed E-state index contributed by atoms with van der Waals surface area (Å²) < 4.78 is 33.7. The van der Waals surface area contributed by atoms with Crippen molar-refractivity contribution in [3.05, 3.63) is 60.8 Å². The third kappa shape index (κ3) is 39.4. The number of ether oxygens (including phenoxy) is 2. The molecule has 0 heterocycles. The van der Waals surface area contributed by atoms with Gasteiger partial charge in [0.05, 0.1) is 27.7 Å². The molecule has 0 N–H and O–H groups in total. The fourth-order valence-corrected chi connectivity index (χ4v) is 5.90. The molecule has 0 saturated carbocycles. The summed E-state index contributed by atoms with van der Waals surface area (Å²) in [6, 6.07) is 0. The molecule has 0 fully saturated rings. The van der Waals surface area contributed by atoms with E-state index in [0.29, 0.717) is 30.3 Å². The van der Waals surface area contributed by atoms with Crippen molar-refractivity contribution >= 4 is 19.8 Å². The number of esters is 2. The normalized spacial score (nSPS) is 14.3. The fourth-order valence-electron chi connectivity index (χ4n) is 5.17. The largest absolute Gasteiger partial charge is 0.756 e. The zero-order chi connectivity index (χ0) is 40.0. The Morgan fingerprint density at radius 3 is 1.59 bits per heavy atom. The predicted octanol–water partition coefficient (Wildman–Crippen LogP) is 11.1. The van der Waals surface area contributed by atoms with Gasteiger partial charge >= 0.3 is 11.9 Å². The van der Waals surface area contributed by atoms with Crippen LogP contribution in [0, 0.1) is 0 Å². The molecule has 0 aromatic heterocycles. The highest BCUT2D eigenvalue weighted by molar-refractivity contribution is 7.45. The van der Waals surface area contributed by atoms with Gasteiger partial charge in [0.1, 0.15) is 19.8 Å². The van der Waals surface area contributed by atoms with Crippen molar-refractivity contribution in [3.63, 3.8) is 0 Å². The van der Waals surface area contributed by atoms with Gasteiger partial charge in [-0.25, -0.2) is 0 Å². The second kappa shape index (κ2) is 36.4. The molecule has 312 valence electrons. The summed E-state index contributed by atoms with van der Waals surface area (Å²) >= 11 is 0. The summed E-state index contributed by atoms with van der Waals surface area (Å²) in [4.78, 5) is 37.4. The Bertz CT molecular complexity index is 1110. The van der Waals surface area contributed by atoms with E-state index >= 15 is 0 Å². The number of nitrogens with zero attached hydrogens (tertiary/aromatic N) is 1. The second-order valence-electron chi connectivity index (χ2n) is 15.0. The number of rotatable bonds is 37. The molecule has 0 rings (SSSR count). The Morgan fingerprint density at radius 1 is 0.574 bits per heavy atom. The van der Waals surface area contributed by atoms with Crippen LogP contribution in [0.1, 0.15) is 155 Å². The van der Waals surface area contributed by atoms with Crippen molar-refractivity contribution < 1.29 is 42.1 Å². The van der Waals surface area contributed by atoms with E-state index in [-0.39, 0.29) is 26.1 Å². The number of hydrogen-bond donors (Lipinski definition) is 0. The van der Waals surface area contributed by atoms with Crippen molar-refractivity contribution in [1.29, 1.82) is 0 Å². The Hall–Kier alpha value is -2.29. The number of hydrogen-bond acceptors (Lipinski definition) is 8. The van der Waals surface area contributed by atoms with E-state index in [4.69, 9.17) is 18.5 Å². The zero-order valence-electron chi connectivity index (χ0n) is 34.9. The lowest BCUT2D eigenvalue weighted by Crippen LogP contribution is -2.37. The van der Waals surface area contributed by atoms with E-state index < -0.39 is 32.5 Å². The van der Waals surface area contributed by atoms with Crippen LogP contribution in [0.25, 0.3) is 0 Å². The van der Waals surface area contributed by atoms with E-state index in [1.165, 1.54) is 64.2 Å². The minimum absolute atomic E-state index is 0.0455. The summed E-state index contributed by atoms with van der Waals surface area (Å²) in [7, 11) is 1.11. The number of quaternary nitrogens is 1. The standard InChI is InChI=1S/C44H78NO8P/c1-6-8-10-12-14-16-18-20-21-22-23-25-27-29-31-33-35-37-44(47)53-42(41-52-54(48,49)51-39-38-45(3,4)5)40-50-43(46)36-34-32-30-28-26-24-19-17-15-13-11-9-7-2/h14,16,20-21,23-26,29,31,42H,6-13,15,17-19,22,27-28,30,32-41H2,1-5H3/b16-14+,21-20+,25-23+,26-24+,31-29+/t42-/m1/s1. The summed E-state index contributed by atoms with van der Waals surface area (Å²) in [5.41, 5.74) is 0. The summed E-state index contributed by atoms with van der Waals surface area (Å²) in [5.74, 6) is -0.925. The van der Waals surface area contributed by atoms with Gasteiger partial charge < -0.3 is 27.9 Å².